The monoisotopic (exact) mass is 228 g/mol. The summed E-state index contributed by atoms with van der Waals surface area (Å²) in [5.41, 5.74) is 0. The van der Waals surface area contributed by atoms with Gasteiger partial charge < -0.3 is 15.0 Å². The summed E-state index contributed by atoms with van der Waals surface area (Å²) in [7, 11) is 3.59. The predicted molar refractivity (Wildman–Crippen MR) is 64.3 cm³/mol. The van der Waals surface area contributed by atoms with Gasteiger partial charge in [-0.1, -0.05) is 0 Å². The van der Waals surface area contributed by atoms with Gasteiger partial charge in [-0.25, -0.2) is 0 Å². The fraction of sp³-hybridized carbons (Fsp3) is 0.917. The molecule has 0 aromatic rings. The number of hydrogen-bond acceptors (Lipinski definition) is 3. The van der Waals surface area contributed by atoms with Crippen LogP contribution in [0.25, 0.3) is 0 Å². The summed E-state index contributed by atoms with van der Waals surface area (Å²) in [4.78, 5) is 13.2. The highest BCUT2D eigenvalue weighted by atomic mass is 16.5. The van der Waals surface area contributed by atoms with Gasteiger partial charge in [0.05, 0.1) is 6.61 Å². The highest BCUT2D eigenvalue weighted by Gasteiger charge is 2.23. The molecule has 1 amide bonds. The Kier molecular flexibility index (Phi) is 5.22. The van der Waals surface area contributed by atoms with Gasteiger partial charge in [0.15, 0.2) is 0 Å². The van der Waals surface area contributed by atoms with E-state index in [0.717, 1.165) is 19.6 Å². The summed E-state index contributed by atoms with van der Waals surface area (Å²) in [5, 5.41) is 3.48. The Morgan fingerprint density at radius 1 is 1.50 bits per heavy atom. The molecule has 16 heavy (non-hydrogen) atoms. The van der Waals surface area contributed by atoms with Crippen LogP contribution >= 0.6 is 0 Å². The quantitative estimate of drug-likeness (QED) is 0.759. The molecule has 4 heteroatoms. The summed E-state index contributed by atoms with van der Waals surface area (Å²) in [6.07, 6.45) is 1.69. The van der Waals surface area contributed by atoms with E-state index in [-0.39, 0.29) is 11.9 Å². The molecular formula is C12H24N2O2. The Bertz CT molecular complexity index is 225. The molecule has 1 aliphatic rings. The van der Waals surface area contributed by atoms with Gasteiger partial charge >= 0.3 is 0 Å². The third-order valence-electron chi connectivity index (χ3n) is 3.20. The van der Waals surface area contributed by atoms with Crippen molar-refractivity contribution in [3.63, 3.8) is 0 Å². The van der Waals surface area contributed by atoms with E-state index >= 15 is 0 Å². The van der Waals surface area contributed by atoms with E-state index in [1.807, 2.05) is 0 Å². The van der Waals surface area contributed by atoms with Gasteiger partial charge in [-0.15, -0.1) is 0 Å². The molecule has 94 valence electrons. The van der Waals surface area contributed by atoms with Crippen LogP contribution in [-0.2, 0) is 9.53 Å². The number of carbonyl (C=O) groups excluding carboxylic acids is 1. The number of nitrogens with one attached hydrogen (secondary N) is 1. The average molecular weight is 228 g/mol. The van der Waals surface area contributed by atoms with Crippen LogP contribution in [0.2, 0.25) is 0 Å². The topological polar surface area (TPSA) is 41.6 Å². The third-order valence-corrected chi connectivity index (χ3v) is 3.20. The Morgan fingerprint density at radius 3 is 2.69 bits per heavy atom. The zero-order valence-corrected chi connectivity index (χ0v) is 10.8. The van der Waals surface area contributed by atoms with Crippen molar-refractivity contribution < 1.29 is 9.53 Å². The fourth-order valence-corrected chi connectivity index (χ4v) is 2.04. The molecule has 1 fully saturated rings. The molecule has 4 nitrogen and oxygen atoms in total. The number of hydrogen-bond donors (Lipinski definition) is 1. The van der Waals surface area contributed by atoms with Crippen LogP contribution in [0.15, 0.2) is 0 Å². The fourth-order valence-electron chi connectivity index (χ4n) is 2.04. The lowest BCUT2D eigenvalue weighted by Gasteiger charge is -2.24. The van der Waals surface area contributed by atoms with Crippen molar-refractivity contribution in [1.82, 2.24) is 10.2 Å². The first kappa shape index (κ1) is 13.5. The number of nitrogens with zero attached hydrogens (tertiary/aromatic N) is 1. The van der Waals surface area contributed by atoms with E-state index in [1.54, 1.807) is 19.0 Å². The number of carbonyl (C=O) groups is 1. The molecule has 0 bridgehead atoms. The molecule has 0 aromatic carbocycles. The van der Waals surface area contributed by atoms with Gasteiger partial charge in [-0.2, -0.15) is 0 Å². The zero-order chi connectivity index (χ0) is 12.1. The lowest BCUT2D eigenvalue weighted by atomic mass is 9.99. The molecule has 0 spiro atoms. The summed E-state index contributed by atoms with van der Waals surface area (Å²) >= 11 is 0. The molecular weight excluding hydrogens is 204 g/mol. The van der Waals surface area contributed by atoms with Gasteiger partial charge in [0, 0.05) is 39.2 Å². The molecule has 0 radical (unpaired) electrons. The van der Waals surface area contributed by atoms with Crippen LogP contribution in [0.1, 0.15) is 26.7 Å². The molecule has 0 aromatic heterocycles. The van der Waals surface area contributed by atoms with Gasteiger partial charge in [0.2, 0.25) is 5.91 Å². The maximum absolute atomic E-state index is 11.5. The van der Waals surface area contributed by atoms with Crippen LogP contribution in [0.3, 0.4) is 0 Å². The minimum absolute atomic E-state index is 0.176. The minimum Gasteiger partial charge on any atom is -0.381 e. The first-order valence-electron chi connectivity index (χ1n) is 6.04. The minimum atomic E-state index is 0.176. The second-order valence-electron chi connectivity index (χ2n) is 4.97. The molecule has 3 unspecified atom stereocenters. The zero-order valence-electron chi connectivity index (χ0n) is 10.8. The van der Waals surface area contributed by atoms with Crippen LogP contribution in [0.5, 0.6) is 0 Å². The lowest BCUT2D eigenvalue weighted by Crippen LogP contribution is -2.42. The predicted octanol–water partition coefficient (Wildman–Crippen LogP) is 0.868. The molecule has 1 rings (SSSR count). The molecule has 0 aliphatic carbocycles. The molecule has 3 atom stereocenters. The summed E-state index contributed by atoms with van der Waals surface area (Å²) in [6.45, 7) is 5.97. The SMILES string of the molecule is CC(CC(=O)N(C)C)NC(C)C1CCOC1. The van der Waals surface area contributed by atoms with Gasteiger partial charge in [-0.05, 0) is 26.2 Å². The Hall–Kier alpha value is -0.610. The smallest absolute Gasteiger partial charge is 0.223 e. The number of ether oxygens (including phenoxy) is 1. The van der Waals surface area contributed by atoms with Crippen LogP contribution in [0, 0.1) is 5.92 Å². The Morgan fingerprint density at radius 2 is 2.19 bits per heavy atom. The Balaban J connectivity index is 2.27. The van der Waals surface area contributed by atoms with Crippen molar-refractivity contribution in [3.05, 3.63) is 0 Å². The van der Waals surface area contributed by atoms with E-state index in [2.05, 4.69) is 19.2 Å². The average Bonchev–Trinajstić information content (AvgIpc) is 2.69. The first-order valence-corrected chi connectivity index (χ1v) is 6.04. The van der Waals surface area contributed by atoms with Gasteiger partial charge in [0.25, 0.3) is 0 Å². The van der Waals surface area contributed by atoms with Crippen molar-refractivity contribution in [2.75, 3.05) is 27.3 Å². The molecule has 1 aliphatic heterocycles. The standard InChI is InChI=1S/C12H24N2O2/c1-9(7-12(15)14(3)4)13-10(2)11-5-6-16-8-11/h9-11,13H,5-8H2,1-4H3. The number of rotatable bonds is 5. The van der Waals surface area contributed by atoms with E-state index in [4.69, 9.17) is 4.74 Å². The van der Waals surface area contributed by atoms with Crippen LogP contribution in [-0.4, -0.2) is 50.2 Å². The maximum Gasteiger partial charge on any atom is 0.223 e. The largest absolute Gasteiger partial charge is 0.381 e. The normalized spacial score (nSPS) is 24.1. The van der Waals surface area contributed by atoms with E-state index in [0.29, 0.717) is 18.4 Å². The summed E-state index contributed by atoms with van der Waals surface area (Å²) in [6, 6.07) is 0.651. The van der Waals surface area contributed by atoms with Crippen molar-refractivity contribution in [1.29, 1.82) is 0 Å². The van der Waals surface area contributed by atoms with Crippen LogP contribution < -0.4 is 5.32 Å². The summed E-state index contributed by atoms with van der Waals surface area (Å²) < 4.78 is 5.36. The second kappa shape index (κ2) is 6.21. The van der Waals surface area contributed by atoms with Crippen molar-refractivity contribution in [2.45, 2.75) is 38.8 Å². The second-order valence-corrected chi connectivity index (χ2v) is 4.97. The van der Waals surface area contributed by atoms with E-state index in [9.17, 15) is 4.79 Å². The molecule has 1 saturated heterocycles. The highest BCUT2D eigenvalue weighted by molar-refractivity contribution is 5.76. The van der Waals surface area contributed by atoms with Crippen molar-refractivity contribution in [2.24, 2.45) is 5.92 Å². The third kappa shape index (κ3) is 4.10. The molecule has 1 N–H and O–H groups in total. The van der Waals surface area contributed by atoms with Crippen molar-refractivity contribution in [3.8, 4) is 0 Å². The van der Waals surface area contributed by atoms with Crippen LogP contribution in [0.4, 0.5) is 0 Å². The Labute approximate surface area is 98.3 Å². The highest BCUT2D eigenvalue weighted by Crippen LogP contribution is 2.17. The molecule has 1 heterocycles. The maximum atomic E-state index is 11.5. The lowest BCUT2D eigenvalue weighted by molar-refractivity contribution is -0.129. The van der Waals surface area contributed by atoms with E-state index in [1.165, 1.54) is 0 Å². The first-order chi connectivity index (χ1) is 7.50. The summed E-state index contributed by atoms with van der Waals surface area (Å²) in [5.74, 6) is 0.770. The van der Waals surface area contributed by atoms with Crippen molar-refractivity contribution >= 4 is 5.91 Å². The van der Waals surface area contributed by atoms with Gasteiger partial charge in [-0.3, -0.25) is 4.79 Å². The molecule has 0 saturated carbocycles. The number of amides is 1. The van der Waals surface area contributed by atoms with Gasteiger partial charge in [0.1, 0.15) is 0 Å². The van der Waals surface area contributed by atoms with E-state index < -0.39 is 0 Å².